The number of nitrogens with one attached hydrogen (secondary N) is 2. The second kappa shape index (κ2) is 6.32. The van der Waals surface area contributed by atoms with Crippen LogP contribution in [0.15, 0.2) is 36.4 Å². The summed E-state index contributed by atoms with van der Waals surface area (Å²) in [5, 5.41) is 7.69. The van der Waals surface area contributed by atoms with Gasteiger partial charge in [0, 0.05) is 30.1 Å². The molecule has 0 spiro atoms. The van der Waals surface area contributed by atoms with Gasteiger partial charge in [-0.25, -0.2) is 4.39 Å². The van der Waals surface area contributed by atoms with E-state index in [0.29, 0.717) is 25.1 Å². The molecule has 0 unspecified atom stereocenters. The molecule has 2 N–H and O–H groups in total. The summed E-state index contributed by atoms with van der Waals surface area (Å²) >= 11 is 0. The summed E-state index contributed by atoms with van der Waals surface area (Å²) in [6.45, 7) is 0.797. The minimum Gasteiger partial charge on any atom is -0.496 e. The average Bonchev–Trinajstić information content (AvgIpc) is 2.97. The molecule has 1 aliphatic rings. The van der Waals surface area contributed by atoms with Gasteiger partial charge in [-0.05, 0) is 23.9 Å². The molecule has 22 heavy (non-hydrogen) atoms. The van der Waals surface area contributed by atoms with Crippen LogP contribution in [0.5, 0.6) is 5.75 Å². The quantitative estimate of drug-likeness (QED) is 0.911. The molecule has 0 saturated carbocycles. The van der Waals surface area contributed by atoms with E-state index in [4.69, 9.17) is 4.74 Å². The number of benzene rings is 2. The molecule has 116 valence electrons. The summed E-state index contributed by atoms with van der Waals surface area (Å²) in [4.78, 5) is 12.4. The minimum atomic E-state index is -0.816. The number of carbonyl (C=O) groups excluding carboxylic acids is 1. The molecule has 0 bridgehead atoms. The van der Waals surface area contributed by atoms with Crippen molar-refractivity contribution >= 4 is 16.7 Å². The lowest BCUT2D eigenvalue weighted by molar-refractivity contribution is 0.0951. The van der Waals surface area contributed by atoms with E-state index in [1.807, 2.05) is 24.3 Å². The van der Waals surface area contributed by atoms with Gasteiger partial charge in [-0.15, -0.1) is 0 Å². The fourth-order valence-corrected chi connectivity index (χ4v) is 2.88. The molecule has 1 heterocycles. The first-order valence-corrected chi connectivity index (χ1v) is 7.40. The van der Waals surface area contributed by atoms with Crippen molar-refractivity contribution in [3.05, 3.63) is 42.0 Å². The van der Waals surface area contributed by atoms with Crippen LogP contribution in [0.4, 0.5) is 4.39 Å². The zero-order valence-electron chi connectivity index (χ0n) is 12.4. The minimum absolute atomic E-state index is 0.00321. The molecule has 2 aromatic carbocycles. The zero-order chi connectivity index (χ0) is 15.5. The summed E-state index contributed by atoms with van der Waals surface area (Å²) in [5.41, 5.74) is 0.603. The molecule has 1 amide bonds. The van der Waals surface area contributed by atoms with Crippen molar-refractivity contribution in [2.24, 2.45) is 0 Å². The predicted molar refractivity (Wildman–Crippen MR) is 84.1 cm³/mol. The maximum Gasteiger partial charge on any atom is 0.251 e. The van der Waals surface area contributed by atoms with Crippen LogP contribution in [0.2, 0.25) is 0 Å². The number of amides is 1. The van der Waals surface area contributed by atoms with Crippen LogP contribution in [0.3, 0.4) is 0 Å². The van der Waals surface area contributed by atoms with Crippen molar-refractivity contribution < 1.29 is 13.9 Å². The number of methoxy groups -OCH3 is 1. The topological polar surface area (TPSA) is 50.4 Å². The maximum absolute atomic E-state index is 13.1. The van der Waals surface area contributed by atoms with E-state index in [2.05, 4.69) is 10.6 Å². The third-order valence-corrected chi connectivity index (χ3v) is 4.03. The van der Waals surface area contributed by atoms with Crippen molar-refractivity contribution in [3.8, 4) is 5.75 Å². The van der Waals surface area contributed by atoms with E-state index in [-0.39, 0.29) is 11.9 Å². The maximum atomic E-state index is 13.1. The normalized spacial score (nSPS) is 21.0. The van der Waals surface area contributed by atoms with Crippen LogP contribution in [0, 0.1) is 0 Å². The highest BCUT2D eigenvalue weighted by Gasteiger charge is 2.24. The monoisotopic (exact) mass is 302 g/mol. The number of halogens is 1. The van der Waals surface area contributed by atoms with E-state index in [1.165, 1.54) is 0 Å². The standard InChI is InChI=1S/C17H19FN2O2/c1-22-16-7-6-15(13-4-2-3-5-14(13)16)17(21)20-10-12-8-11(18)9-19-12/h2-7,11-12,19H,8-10H2,1H3,(H,20,21)/t11-,12-/m0/s1. The van der Waals surface area contributed by atoms with Gasteiger partial charge in [0.15, 0.2) is 0 Å². The lowest BCUT2D eigenvalue weighted by Gasteiger charge is -2.13. The Morgan fingerprint density at radius 3 is 2.77 bits per heavy atom. The van der Waals surface area contributed by atoms with E-state index < -0.39 is 6.17 Å². The molecule has 0 radical (unpaired) electrons. The van der Waals surface area contributed by atoms with Crippen molar-refractivity contribution in [1.29, 1.82) is 0 Å². The van der Waals surface area contributed by atoms with Crippen molar-refractivity contribution in [2.75, 3.05) is 20.2 Å². The average molecular weight is 302 g/mol. The predicted octanol–water partition coefficient (Wildman–Crippen LogP) is 2.28. The van der Waals surface area contributed by atoms with E-state index in [1.54, 1.807) is 19.2 Å². The summed E-state index contributed by atoms with van der Waals surface area (Å²) in [5.74, 6) is 0.591. The molecule has 5 heteroatoms. The molecule has 1 aliphatic heterocycles. The van der Waals surface area contributed by atoms with Gasteiger partial charge in [0.2, 0.25) is 0 Å². The second-order valence-corrected chi connectivity index (χ2v) is 5.51. The first kappa shape index (κ1) is 14.8. The first-order valence-electron chi connectivity index (χ1n) is 7.40. The Bertz CT molecular complexity index is 689. The number of fused-ring (bicyclic) bond motifs is 1. The van der Waals surface area contributed by atoms with Gasteiger partial charge < -0.3 is 15.4 Å². The summed E-state index contributed by atoms with van der Waals surface area (Å²) in [6, 6.07) is 11.2. The second-order valence-electron chi connectivity index (χ2n) is 5.51. The number of rotatable bonds is 4. The highest BCUT2D eigenvalue weighted by molar-refractivity contribution is 6.08. The van der Waals surface area contributed by atoms with Crippen LogP contribution >= 0.6 is 0 Å². The van der Waals surface area contributed by atoms with Crippen molar-refractivity contribution in [3.63, 3.8) is 0 Å². The number of hydrogen-bond acceptors (Lipinski definition) is 3. The lowest BCUT2D eigenvalue weighted by atomic mass is 10.0. The van der Waals surface area contributed by atoms with Crippen LogP contribution < -0.4 is 15.4 Å². The van der Waals surface area contributed by atoms with Gasteiger partial charge in [-0.2, -0.15) is 0 Å². The number of alkyl halides is 1. The fourth-order valence-electron chi connectivity index (χ4n) is 2.88. The number of hydrogen-bond donors (Lipinski definition) is 2. The SMILES string of the molecule is COc1ccc(C(=O)NC[C@@H]2C[C@H](F)CN2)c2ccccc12. The van der Waals surface area contributed by atoms with Crippen LogP contribution in [0.25, 0.3) is 10.8 Å². The van der Waals surface area contributed by atoms with E-state index >= 15 is 0 Å². The molecule has 1 saturated heterocycles. The zero-order valence-corrected chi connectivity index (χ0v) is 12.4. The van der Waals surface area contributed by atoms with E-state index in [9.17, 15) is 9.18 Å². The Morgan fingerprint density at radius 1 is 1.32 bits per heavy atom. The van der Waals surface area contributed by atoms with Crippen LogP contribution in [0.1, 0.15) is 16.8 Å². The molecule has 0 aromatic heterocycles. The van der Waals surface area contributed by atoms with Gasteiger partial charge in [0.1, 0.15) is 11.9 Å². The number of carbonyl (C=O) groups is 1. The van der Waals surface area contributed by atoms with Crippen molar-refractivity contribution in [1.82, 2.24) is 10.6 Å². The van der Waals surface area contributed by atoms with Crippen molar-refractivity contribution in [2.45, 2.75) is 18.6 Å². The van der Waals surface area contributed by atoms with E-state index in [0.717, 1.165) is 16.5 Å². The molecular formula is C17H19FN2O2. The first-order chi connectivity index (χ1) is 10.7. The third-order valence-electron chi connectivity index (χ3n) is 4.03. The smallest absolute Gasteiger partial charge is 0.251 e. The molecule has 3 rings (SSSR count). The molecule has 1 fully saturated rings. The van der Waals surface area contributed by atoms with Gasteiger partial charge in [-0.1, -0.05) is 24.3 Å². The van der Waals surface area contributed by atoms with Gasteiger partial charge in [-0.3, -0.25) is 4.79 Å². The Hall–Kier alpha value is -2.14. The highest BCUT2D eigenvalue weighted by atomic mass is 19.1. The molecule has 0 aliphatic carbocycles. The van der Waals surface area contributed by atoms with Gasteiger partial charge >= 0.3 is 0 Å². The highest BCUT2D eigenvalue weighted by Crippen LogP contribution is 2.28. The summed E-state index contributed by atoms with van der Waals surface area (Å²) in [6.07, 6.45) is -0.368. The van der Waals surface area contributed by atoms with Gasteiger partial charge in [0.05, 0.1) is 7.11 Å². The van der Waals surface area contributed by atoms with Gasteiger partial charge in [0.25, 0.3) is 5.91 Å². The molecule has 4 nitrogen and oxygen atoms in total. The third kappa shape index (κ3) is 2.90. The fraction of sp³-hybridized carbons (Fsp3) is 0.353. The Morgan fingerprint density at radius 2 is 2.09 bits per heavy atom. The summed E-state index contributed by atoms with van der Waals surface area (Å²) < 4.78 is 18.5. The Labute approximate surface area is 128 Å². The molecule has 2 atom stereocenters. The van der Waals surface area contributed by atoms with Crippen LogP contribution in [-0.2, 0) is 0 Å². The molecular weight excluding hydrogens is 283 g/mol. The summed E-state index contributed by atoms with van der Waals surface area (Å²) in [7, 11) is 1.61. The Balaban J connectivity index is 1.79. The molecule has 2 aromatic rings. The van der Waals surface area contributed by atoms with Crippen LogP contribution in [-0.4, -0.2) is 38.3 Å². The number of ether oxygens (including phenoxy) is 1. The Kier molecular flexibility index (Phi) is 4.24. The lowest BCUT2D eigenvalue weighted by Crippen LogP contribution is -2.37. The largest absolute Gasteiger partial charge is 0.496 e.